The number of nitrogens with zero attached hydrogens (tertiary/aromatic N) is 2. The van der Waals surface area contributed by atoms with E-state index in [2.05, 4.69) is 14.7 Å². The van der Waals surface area contributed by atoms with Gasteiger partial charge in [-0.2, -0.15) is 0 Å². The van der Waals surface area contributed by atoms with E-state index >= 15 is 0 Å². The molecule has 1 heterocycles. The number of alkyl halides is 3. The summed E-state index contributed by atoms with van der Waals surface area (Å²) in [7, 11) is 0. The molecular formula is C14H12ClF3N2O. The van der Waals surface area contributed by atoms with Crippen molar-refractivity contribution in [2.75, 3.05) is 0 Å². The predicted octanol–water partition coefficient (Wildman–Crippen LogP) is 4.82. The van der Waals surface area contributed by atoms with Crippen LogP contribution < -0.4 is 4.74 Å². The summed E-state index contributed by atoms with van der Waals surface area (Å²) in [6.45, 7) is 3.92. The molecular weight excluding hydrogens is 305 g/mol. The molecule has 0 amide bonds. The van der Waals surface area contributed by atoms with Gasteiger partial charge in [0.2, 0.25) is 0 Å². The first-order chi connectivity index (χ1) is 9.74. The van der Waals surface area contributed by atoms with Crippen LogP contribution in [0.15, 0.2) is 30.3 Å². The number of aromatic nitrogens is 2. The molecule has 0 atom stereocenters. The van der Waals surface area contributed by atoms with Crippen LogP contribution in [0.2, 0.25) is 5.15 Å². The number of rotatable bonds is 3. The molecule has 0 fully saturated rings. The van der Waals surface area contributed by atoms with E-state index in [0.717, 1.165) is 5.69 Å². The van der Waals surface area contributed by atoms with E-state index in [9.17, 15) is 13.2 Å². The highest BCUT2D eigenvalue weighted by Gasteiger charge is 2.31. The monoisotopic (exact) mass is 316 g/mol. The third-order valence-corrected chi connectivity index (χ3v) is 2.85. The number of ether oxygens (including phenoxy) is 1. The SMILES string of the molecule is CC(C)c1cc(Cl)nc(-c2ccc(OC(F)(F)F)cc2)n1. The molecule has 0 radical (unpaired) electrons. The van der Waals surface area contributed by atoms with Crippen LogP contribution in [0.4, 0.5) is 13.2 Å². The van der Waals surface area contributed by atoms with E-state index in [0.29, 0.717) is 16.5 Å². The molecule has 3 nitrogen and oxygen atoms in total. The minimum Gasteiger partial charge on any atom is -0.406 e. The van der Waals surface area contributed by atoms with Gasteiger partial charge in [-0.15, -0.1) is 13.2 Å². The number of hydrogen-bond donors (Lipinski definition) is 0. The van der Waals surface area contributed by atoms with E-state index < -0.39 is 6.36 Å². The molecule has 0 unspecified atom stereocenters. The highest BCUT2D eigenvalue weighted by atomic mass is 35.5. The molecule has 0 saturated heterocycles. The largest absolute Gasteiger partial charge is 0.573 e. The van der Waals surface area contributed by atoms with Gasteiger partial charge < -0.3 is 4.74 Å². The Hall–Kier alpha value is -1.82. The van der Waals surface area contributed by atoms with Gasteiger partial charge in [0.25, 0.3) is 0 Å². The van der Waals surface area contributed by atoms with Gasteiger partial charge in [-0.05, 0) is 36.2 Å². The zero-order valence-electron chi connectivity index (χ0n) is 11.3. The second-order valence-corrected chi connectivity index (χ2v) is 5.05. The zero-order valence-corrected chi connectivity index (χ0v) is 12.0. The zero-order chi connectivity index (χ0) is 15.6. The van der Waals surface area contributed by atoms with Crippen molar-refractivity contribution in [3.8, 4) is 17.1 Å². The van der Waals surface area contributed by atoms with Gasteiger partial charge in [0.15, 0.2) is 5.82 Å². The van der Waals surface area contributed by atoms with E-state index in [1.807, 2.05) is 13.8 Å². The van der Waals surface area contributed by atoms with Crippen molar-refractivity contribution in [2.45, 2.75) is 26.1 Å². The number of halogens is 4. The molecule has 0 aliphatic rings. The summed E-state index contributed by atoms with van der Waals surface area (Å²) in [5.74, 6) is 0.235. The van der Waals surface area contributed by atoms with Crippen LogP contribution in [0.3, 0.4) is 0 Å². The van der Waals surface area contributed by atoms with Gasteiger partial charge in [-0.1, -0.05) is 25.4 Å². The van der Waals surface area contributed by atoms with Gasteiger partial charge >= 0.3 is 6.36 Å². The van der Waals surface area contributed by atoms with Crippen molar-refractivity contribution in [1.82, 2.24) is 9.97 Å². The summed E-state index contributed by atoms with van der Waals surface area (Å²) in [5.41, 5.74) is 1.33. The maximum atomic E-state index is 12.1. The fraction of sp³-hybridized carbons (Fsp3) is 0.286. The van der Waals surface area contributed by atoms with Crippen LogP contribution in [0.1, 0.15) is 25.5 Å². The second-order valence-electron chi connectivity index (χ2n) is 4.67. The highest BCUT2D eigenvalue weighted by molar-refractivity contribution is 6.29. The van der Waals surface area contributed by atoms with E-state index in [1.54, 1.807) is 6.07 Å². The number of benzene rings is 1. The lowest BCUT2D eigenvalue weighted by Crippen LogP contribution is -2.16. The van der Waals surface area contributed by atoms with Crippen molar-refractivity contribution >= 4 is 11.6 Å². The molecule has 0 saturated carbocycles. The molecule has 0 aliphatic carbocycles. The minimum absolute atomic E-state index is 0.164. The Kier molecular flexibility index (Phi) is 4.37. The van der Waals surface area contributed by atoms with Gasteiger partial charge in [-0.25, -0.2) is 9.97 Å². The molecule has 0 N–H and O–H groups in total. The lowest BCUT2D eigenvalue weighted by Gasteiger charge is -2.10. The van der Waals surface area contributed by atoms with E-state index in [1.165, 1.54) is 24.3 Å². The van der Waals surface area contributed by atoms with Crippen molar-refractivity contribution in [3.05, 3.63) is 41.2 Å². The molecule has 0 spiro atoms. The summed E-state index contributed by atoms with van der Waals surface area (Å²) >= 11 is 5.94. The van der Waals surface area contributed by atoms with Crippen LogP contribution in [-0.4, -0.2) is 16.3 Å². The Morgan fingerprint density at radius 3 is 2.24 bits per heavy atom. The maximum Gasteiger partial charge on any atom is 0.573 e. The maximum absolute atomic E-state index is 12.1. The molecule has 2 aromatic rings. The first-order valence-corrected chi connectivity index (χ1v) is 6.53. The average molecular weight is 317 g/mol. The molecule has 2 rings (SSSR count). The Labute approximate surface area is 124 Å². The smallest absolute Gasteiger partial charge is 0.406 e. The van der Waals surface area contributed by atoms with Crippen molar-refractivity contribution in [1.29, 1.82) is 0 Å². The van der Waals surface area contributed by atoms with Crippen LogP contribution in [0, 0.1) is 0 Å². The Morgan fingerprint density at radius 1 is 1.10 bits per heavy atom. The molecule has 1 aromatic heterocycles. The Balaban J connectivity index is 2.30. The van der Waals surface area contributed by atoms with Crippen molar-refractivity contribution in [3.63, 3.8) is 0 Å². The molecule has 7 heteroatoms. The minimum atomic E-state index is -4.71. The van der Waals surface area contributed by atoms with Crippen molar-refractivity contribution in [2.24, 2.45) is 0 Å². The van der Waals surface area contributed by atoms with Crippen LogP contribution in [0.5, 0.6) is 5.75 Å². The van der Waals surface area contributed by atoms with Gasteiger partial charge in [0.1, 0.15) is 10.9 Å². The number of hydrogen-bond acceptors (Lipinski definition) is 3. The first kappa shape index (κ1) is 15.6. The summed E-state index contributed by atoms with van der Waals surface area (Å²) in [4.78, 5) is 8.43. The summed E-state index contributed by atoms with van der Waals surface area (Å²) in [6.07, 6.45) is -4.71. The van der Waals surface area contributed by atoms with E-state index in [4.69, 9.17) is 11.6 Å². The standard InChI is InChI=1S/C14H12ClF3N2O/c1-8(2)11-7-12(15)20-13(19-11)9-3-5-10(6-4-9)21-14(16,17)18/h3-8H,1-2H3. The molecule has 0 aliphatic heterocycles. The lowest BCUT2D eigenvalue weighted by molar-refractivity contribution is -0.274. The molecule has 21 heavy (non-hydrogen) atoms. The van der Waals surface area contributed by atoms with Crippen LogP contribution in [0.25, 0.3) is 11.4 Å². The summed E-state index contributed by atoms with van der Waals surface area (Å²) < 4.78 is 40.1. The van der Waals surface area contributed by atoms with E-state index in [-0.39, 0.29) is 11.7 Å². The Morgan fingerprint density at radius 2 is 1.71 bits per heavy atom. The molecule has 1 aromatic carbocycles. The Bertz CT molecular complexity index is 627. The topological polar surface area (TPSA) is 35.0 Å². The third kappa shape index (κ3) is 4.32. The predicted molar refractivity (Wildman–Crippen MR) is 73.3 cm³/mol. The fourth-order valence-electron chi connectivity index (χ4n) is 1.67. The van der Waals surface area contributed by atoms with Gasteiger partial charge in [0.05, 0.1) is 0 Å². The summed E-state index contributed by atoms with van der Waals surface area (Å²) in [6, 6.07) is 6.99. The third-order valence-electron chi connectivity index (χ3n) is 2.65. The average Bonchev–Trinajstić information content (AvgIpc) is 2.37. The summed E-state index contributed by atoms with van der Waals surface area (Å²) in [5, 5.41) is 0.291. The van der Waals surface area contributed by atoms with Gasteiger partial charge in [-0.3, -0.25) is 0 Å². The quantitative estimate of drug-likeness (QED) is 0.761. The fourth-order valence-corrected chi connectivity index (χ4v) is 1.86. The van der Waals surface area contributed by atoms with Crippen LogP contribution >= 0.6 is 11.6 Å². The first-order valence-electron chi connectivity index (χ1n) is 6.15. The highest BCUT2D eigenvalue weighted by Crippen LogP contribution is 2.26. The van der Waals surface area contributed by atoms with Crippen molar-refractivity contribution < 1.29 is 17.9 Å². The molecule has 112 valence electrons. The second kappa shape index (κ2) is 5.89. The van der Waals surface area contributed by atoms with Gasteiger partial charge in [0, 0.05) is 11.3 Å². The van der Waals surface area contributed by atoms with Crippen LogP contribution in [-0.2, 0) is 0 Å². The molecule has 0 bridgehead atoms. The normalized spacial score (nSPS) is 11.8. The lowest BCUT2D eigenvalue weighted by atomic mass is 10.1.